The first-order valence-corrected chi connectivity index (χ1v) is 6.88. The Hall–Kier alpha value is -1.49. The zero-order chi connectivity index (χ0) is 13.1. The lowest BCUT2D eigenvalue weighted by atomic mass is 10.2. The summed E-state index contributed by atoms with van der Waals surface area (Å²) in [5.74, 6) is 0.0823. The molecule has 0 atom stereocenters. The number of anilines is 1. The van der Waals surface area contributed by atoms with Crippen molar-refractivity contribution in [2.75, 3.05) is 18.0 Å². The molecule has 5 heteroatoms. The summed E-state index contributed by atoms with van der Waals surface area (Å²) >= 11 is 1.38. The molecule has 2 rings (SSSR count). The summed E-state index contributed by atoms with van der Waals surface area (Å²) in [5, 5.41) is 0. The van der Waals surface area contributed by atoms with Crippen LogP contribution in [0.3, 0.4) is 0 Å². The number of rotatable bonds is 3. The molecular weight excluding hydrogens is 248 g/mol. The molecular formula is C13H16N2O2S. The van der Waals surface area contributed by atoms with Crippen LogP contribution in [0.15, 0.2) is 23.1 Å². The second-order valence-electron chi connectivity index (χ2n) is 4.37. The van der Waals surface area contributed by atoms with Crippen molar-refractivity contribution in [1.82, 2.24) is 4.90 Å². The van der Waals surface area contributed by atoms with E-state index in [2.05, 4.69) is 0 Å². The minimum Gasteiger partial charge on any atom is -0.398 e. The summed E-state index contributed by atoms with van der Waals surface area (Å²) < 4.78 is 0. The molecule has 96 valence electrons. The molecule has 4 nitrogen and oxygen atoms in total. The van der Waals surface area contributed by atoms with E-state index in [-0.39, 0.29) is 17.6 Å². The number of aryl methyl sites for hydroxylation is 1. The van der Waals surface area contributed by atoms with Crippen LogP contribution in [0.2, 0.25) is 0 Å². The van der Waals surface area contributed by atoms with E-state index in [1.165, 1.54) is 16.7 Å². The highest BCUT2D eigenvalue weighted by molar-refractivity contribution is 8.00. The van der Waals surface area contributed by atoms with Crippen LogP contribution >= 0.6 is 11.8 Å². The number of benzene rings is 1. The molecule has 1 saturated heterocycles. The Morgan fingerprint density at radius 3 is 2.89 bits per heavy atom. The number of amides is 2. The summed E-state index contributed by atoms with van der Waals surface area (Å²) in [6, 6.07) is 5.76. The van der Waals surface area contributed by atoms with Crippen molar-refractivity contribution >= 4 is 29.3 Å². The molecule has 0 spiro atoms. The van der Waals surface area contributed by atoms with E-state index in [9.17, 15) is 9.59 Å². The zero-order valence-corrected chi connectivity index (χ0v) is 11.1. The first-order valence-electron chi connectivity index (χ1n) is 5.90. The molecule has 1 aromatic rings. The van der Waals surface area contributed by atoms with Crippen LogP contribution in [-0.4, -0.2) is 29.0 Å². The van der Waals surface area contributed by atoms with Gasteiger partial charge in [-0.05, 0) is 31.0 Å². The van der Waals surface area contributed by atoms with Crippen LogP contribution in [0, 0.1) is 6.92 Å². The van der Waals surface area contributed by atoms with Gasteiger partial charge in [0.15, 0.2) is 0 Å². The van der Waals surface area contributed by atoms with Crippen LogP contribution in [0.4, 0.5) is 5.69 Å². The second-order valence-corrected chi connectivity index (χ2v) is 5.39. The lowest BCUT2D eigenvalue weighted by Gasteiger charge is -2.13. The van der Waals surface area contributed by atoms with Gasteiger partial charge in [-0.2, -0.15) is 0 Å². The third-order valence-electron chi connectivity index (χ3n) is 2.89. The normalized spacial score (nSPS) is 15.2. The Balaban J connectivity index is 1.95. The third kappa shape index (κ3) is 2.85. The van der Waals surface area contributed by atoms with Gasteiger partial charge in [0, 0.05) is 23.5 Å². The minimum atomic E-state index is -0.123. The van der Waals surface area contributed by atoms with E-state index in [1.54, 1.807) is 0 Å². The van der Waals surface area contributed by atoms with E-state index in [0.717, 1.165) is 16.9 Å². The maximum atomic E-state index is 11.9. The number of nitrogens with two attached hydrogens (primary N) is 1. The molecule has 1 aromatic carbocycles. The molecule has 1 aliphatic rings. The summed E-state index contributed by atoms with van der Waals surface area (Å²) in [4.78, 5) is 25.5. The van der Waals surface area contributed by atoms with Gasteiger partial charge in [-0.3, -0.25) is 14.5 Å². The molecule has 0 aromatic heterocycles. The van der Waals surface area contributed by atoms with Crippen molar-refractivity contribution in [2.45, 2.75) is 24.7 Å². The van der Waals surface area contributed by atoms with Gasteiger partial charge < -0.3 is 5.73 Å². The molecule has 1 aliphatic heterocycles. The summed E-state index contributed by atoms with van der Waals surface area (Å²) in [6.07, 6.45) is 1.27. The molecule has 1 heterocycles. The number of likely N-dealkylation sites (tertiary alicyclic amines) is 1. The molecule has 2 amide bonds. The Bertz CT molecular complexity index is 488. The first-order chi connectivity index (χ1) is 8.58. The highest BCUT2D eigenvalue weighted by atomic mass is 32.2. The number of carbonyl (C=O) groups excluding carboxylic acids is 2. The SMILES string of the molecule is Cc1ccc(SCC(=O)N2CCCC2=O)c(N)c1. The van der Waals surface area contributed by atoms with Crippen LogP contribution in [-0.2, 0) is 9.59 Å². The number of nitrogens with zero attached hydrogens (tertiary/aromatic N) is 1. The van der Waals surface area contributed by atoms with Crippen LogP contribution in [0.1, 0.15) is 18.4 Å². The maximum Gasteiger partial charge on any atom is 0.239 e. The number of thioether (sulfide) groups is 1. The molecule has 2 N–H and O–H groups in total. The average molecular weight is 264 g/mol. The Morgan fingerprint density at radius 2 is 2.28 bits per heavy atom. The number of hydrogen-bond donors (Lipinski definition) is 1. The quantitative estimate of drug-likeness (QED) is 0.668. The summed E-state index contributed by atoms with van der Waals surface area (Å²) in [6.45, 7) is 2.53. The van der Waals surface area contributed by atoms with E-state index < -0.39 is 0 Å². The van der Waals surface area contributed by atoms with E-state index in [4.69, 9.17) is 5.73 Å². The van der Waals surface area contributed by atoms with Gasteiger partial charge in [0.25, 0.3) is 0 Å². The Kier molecular flexibility index (Phi) is 3.91. The van der Waals surface area contributed by atoms with Crippen LogP contribution < -0.4 is 5.73 Å². The van der Waals surface area contributed by atoms with Crippen LogP contribution in [0.25, 0.3) is 0 Å². The Labute approximate surface area is 111 Å². The molecule has 0 unspecified atom stereocenters. The first kappa shape index (κ1) is 13.0. The lowest BCUT2D eigenvalue weighted by Crippen LogP contribution is -2.33. The standard InChI is InChI=1S/C13H16N2O2S/c1-9-4-5-11(10(14)7-9)18-8-13(17)15-6-2-3-12(15)16/h4-5,7H,2-3,6,8,14H2,1H3. The molecule has 0 bridgehead atoms. The van der Waals surface area contributed by atoms with Crippen molar-refractivity contribution < 1.29 is 9.59 Å². The smallest absolute Gasteiger partial charge is 0.239 e. The molecule has 18 heavy (non-hydrogen) atoms. The minimum absolute atomic E-state index is 0.0579. The van der Waals surface area contributed by atoms with Gasteiger partial charge in [0.2, 0.25) is 11.8 Å². The Morgan fingerprint density at radius 1 is 1.50 bits per heavy atom. The van der Waals surface area contributed by atoms with Crippen LogP contribution in [0.5, 0.6) is 0 Å². The van der Waals surface area contributed by atoms with E-state index in [0.29, 0.717) is 18.7 Å². The van der Waals surface area contributed by atoms with Gasteiger partial charge in [0.1, 0.15) is 0 Å². The molecule has 0 radical (unpaired) electrons. The monoisotopic (exact) mass is 264 g/mol. The molecule has 0 saturated carbocycles. The highest BCUT2D eigenvalue weighted by Gasteiger charge is 2.26. The highest BCUT2D eigenvalue weighted by Crippen LogP contribution is 2.26. The topological polar surface area (TPSA) is 63.4 Å². The van der Waals surface area contributed by atoms with E-state index >= 15 is 0 Å². The third-order valence-corrected chi connectivity index (χ3v) is 3.96. The lowest BCUT2D eigenvalue weighted by molar-refractivity contribution is -0.140. The van der Waals surface area contributed by atoms with Crippen molar-refractivity contribution in [3.05, 3.63) is 23.8 Å². The summed E-state index contributed by atoms with van der Waals surface area (Å²) in [5.41, 5.74) is 7.65. The number of hydrogen-bond acceptors (Lipinski definition) is 4. The van der Waals surface area contributed by atoms with Gasteiger partial charge in [-0.15, -0.1) is 11.8 Å². The van der Waals surface area contributed by atoms with Crippen molar-refractivity contribution in [2.24, 2.45) is 0 Å². The van der Waals surface area contributed by atoms with Gasteiger partial charge in [-0.1, -0.05) is 6.07 Å². The van der Waals surface area contributed by atoms with Crippen molar-refractivity contribution in [3.63, 3.8) is 0 Å². The maximum absolute atomic E-state index is 11.9. The fraction of sp³-hybridized carbons (Fsp3) is 0.385. The predicted octanol–water partition coefficient (Wildman–Crippen LogP) is 1.82. The summed E-state index contributed by atoms with van der Waals surface area (Å²) in [7, 11) is 0. The largest absolute Gasteiger partial charge is 0.398 e. The zero-order valence-electron chi connectivity index (χ0n) is 10.3. The average Bonchev–Trinajstić information content (AvgIpc) is 2.74. The molecule has 0 aliphatic carbocycles. The predicted molar refractivity (Wildman–Crippen MR) is 72.3 cm³/mol. The van der Waals surface area contributed by atoms with E-state index in [1.807, 2.05) is 25.1 Å². The van der Waals surface area contributed by atoms with Gasteiger partial charge in [0.05, 0.1) is 5.75 Å². The van der Waals surface area contributed by atoms with Gasteiger partial charge in [-0.25, -0.2) is 0 Å². The second kappa shape index (κ2) is 5.44. The molecule has 1 fully saturated rings. The van der Waals surface area contributed by atoms with Crippen molar-refractivity contribution in [3.8, 4) is 0 Å². The number of nitrogen functional groups attached to an aromatic ring is 1. The van der Waals surface area contributed by atoms with Gasteiger partial charge >= 0.3 is 0 Å². The number of imide groups is 1. The van der Waals surface area contributed by atoms with Crippen molar-refractivity contribution in [1.29, 1.82) is 0 Å². The fourth-order valence-electron chi connectivity index (χ4n) is 1.93. The number of carbonyl (C=O) groups is 2. The fourth-order valence-corrected chi connectivity index (χ4v) is 2.75.